The Morgan fingerprint density at radius 1 is 1.25 bits per heavy atom. The van der Waals surface area contributed by atoms with Crippen molar-refractivity contribution in [2.24, 2.45) is 4.99 Å². The molecule has 0 unspecified atom stereocenters. The van der Waals surface area contributed by atoms with Crippen LogP contribution in [0.3, 0.4) is 0 Å². The summed E-state index contributed by atoms with van der Waals surface area (Å²) < 4.78 is 9.10. The predicted molar refractivity (Wildman–Crippen MR) is 115 cm³/mol. The largest absolute Gasteiger partial charge is 0.380 e. The molecule has 0 saturated heterocycles. The van der Waals surface area contributed by atoms with E-state index in [0.717, 1.165) is 10.2 Å². The first-order valence-corrected chi connectivity index (χ1v) is 10.4. The van der Waals surface area contributed by atoms with E-state index in [1.165, 1.54) is 18.3 Å². The molecule has 0 saturated carbocycles. The highest BCUT2D eigenvalue weighted by atomic mass is 79.9. The number of ether oxygens (including phenoxy) is 1. The Morgan fingerprint density at radius 2 is 2.04 bits per heavy atom. The summed E-state index contributed by atoms with van der Waals surface area (Å²) >= 11 is 4.81. The Hall–Kier alpha value is -2.29. The van der Waals surface area contributed by atoms with Crippen molar-refractivity contribution < 1.29 is 14.3 Å². The normalized spacial score (nSPS) is 11.8. The summed E-state index contributed by atoms with van der Waals surface area (Å²) in [5.41, 5.74) is 2.16. The molecule has 28 heavy (non-hydrogen) atoms. The molecule has 1 aromatic heterocycles. The van der Waals surface area contributed by atoms with Crippen molar-refractivity contribution in [3.63, 3.8) is 0 Å². The molecule has 0 atom stereocenters. The van der Waals surface area contributed by atoms with E-state index in [2.05, 4.69) is 26.2 Å². The van der Waals surface area contributed by atoms with Gasteiger partial charge in [-0.3, -0.25) is 9.59 Å². The first-order chi connectivity index (χ1) is 13.5. The van der Waals surface area contributed by atoms with Crippen LogP contribution in [0.15, 0.2) is 51.9 Å². The molecule has 6 nitrogen and oxygen atoms in total. The van der Waals surface area contributed by atoms with Crippen molar-refractivity contribution in [2.75, 3.05) is 18.5 Å². The van der Waals surface area contributed by atoms with E-state index in [9.17, 15) is 9.59 Å². The summed E-state index contributed by atoms with van der Waals surface area (Å²) in [7, 11) is 0. The lowest BCUT2D eigenvalue weighted by Gasteiger charge is -2.06. The monoisotopic (exact) mass is 461 g/mol. The van der Waals surface area contributed by atoms with Crippen LogP contribution in [-0.2, 0) is 16.1 Å². The zero-order valence-electron chi connectivity index (χ0n) is 15.6. The van der Waals surface area contributed by atoms with E-state index in [1.807, 2.05) is 41.8 Å². The van der Waals surface area contributed by atoms with Gasteiger partial charge in [0.2, 0.25) is 5.91 Å². The fourth-order valence-electron chi connectivity index (χ4n) is 2.74. The molecule has 0 aliphatic heterocycles. The van der Waals surface area contributed by atoms with Crippen molar-refractivity contribution in [1.82, 2.24) is 4.57 Å². The van der Waals surface area contributed by atoms with Crippen LogP contribution in [-0.4, -0.2) is 29.6 Å². The maximum atomic E-state index is 12.7. The average molecular weight is 462 g/mol. The molecule has 3 rings (SSSR count). The molecule has 0 aliphatic carbocycles. The van der Waals surface area contributed by atoms with Crippen LogP contribution in [0.25, 0.3) is 10.2 Å². The number of carbonyl (C=O) groups excluding carboxylic acids is 2. The number of aromatic nitrogens is 1. The minimum atomic E-state index is -0.314. The fraction of sp³-hybridized carbons (Fsp3) is 0.250. The second kappa shape index (κ2) is 9.27. The van der Waals surface area contributed by atoms with Gasteiger partial charge in [0.25, 0.3) is 5.91 Å². The van der Waals surface area contributed by atoms with Crippen molar-refractivity contribution in [2.45, 2.75) is 20.4 Å². The second-order valence-corrected chi connectivity index (χ2v) is 7.86. The first-order valence-electron chi connectivity index (χ1n) is 8.82. The average Bonchev–Trinajstić information content (AvgIpc) is 2.98. The summed E-state index contributed by atoms with van der Waals surface area (Å²) in [5.74, 6) is -0.444. The Kier molecular flexibility index (Phi) is 6.77. The van der Waals surface area contributed by atoms with E-state index >= 15 is 0 Å². The van der Waals surface area contributed by atoms with Crippen molar-refractivity contribution in [1.29, 1.82) is 0 Å². The molecule has 2 aromatic carbocycles. The third kappa shape index (κ3) is 4.76. The minimum Gasteiger partial charge on any atom is -0.380 e. The molecule has 0 bridgehead atoms. The highest BCUT2D eigenvalue weighted by molar-refractivity contribution is 9.10. The van der Waals surface area contributed by atoms with Crippen LogP contribution >= 0.6 is 27.3 Å². The highest BCUT2D eigenvalue weighted by Crippen LogP contribution is 2.23. The molecule has 0 radical (unpaired) electrons. The lowest BCUT2D eigenvalue weighted by atomic mass is 10.2. The molecule has 1 heterocycles. The van der Waals surface area contributed by atoms with E-state index in [-0.39, 0.29) is 11.8 Å². The number of halogens is 1. The summed E-state index contributed by atoms with van der Waals surface area (Å²) in [5, 5.41) is 2.78. The van der Waals surface area contributed by atoms with Gasteiger partial charge < -0.3 is 14.6 Å². The number of amides is 2. The van der Waals surface area contributed by atoms with Crippen LogP contribution in [0.4, 0.5) is 5.69 Å². The second-order valence-electron chi connectivity index (χ2n) is 5.99. The predicted octanol–water partition coefficient (Wildman–Crippen LogP) is 4.20. The number of benzene rings is 2. The molecule has 3 aromatic rings. The third-order valence-electron chi connectivity index (χ3n) is 3.97. The maximum absolute atomic E-state index is 12.7. The number of hydrogen-bond acceptors (Lipinski definition) is 4. The van der Waals surface area contributed by atoms with Crippen LogP contribution in [0, 0.1) is 0 Å². The SMILES string of the molecule is CCOCCn1c(=NC(=O)c2ccccc2Br)sc2cc(NC(C)=O)ccc21. The van der Waals surface area contributed by atoms with Crippen LogP contribution < -0.4 is 10.1 Å². The van der Waals surface area contributed by atoms with Crippen LogP contribution in [0.1, 0.15) is 24.2 Å². The van der Waals surface area contributed by atoms with Gasteiger partial charge >= 0.3 is 0 Å². The minimum absolute atomic E-state index is 0.130. The smallest absolute Gasteiger partial charge is 0.280 e. The van der Waals surface area contributed by atoms with Gasteiger partial charge in [0.15, 0.2) is 4.80 Å². The lowest BCUT2D eigenvalue weighted by Crippen LogP contribution is -2.19. The molecule has 8 heteroatoms. The number of nitrogens with one attached hydrogen (secondary N) is 1. The summed E-state index contributed by atoms with van der Waals surface area (Å²) in [4.78, 5) is 29.0. The Bertz CT molecular complexity index is 1090. The molecule has 0 spiro atoms. The molecule has 0 fully saturated rings. The quantitative estimate of drug-likeness (QED) is 0.558. The molecule has 1 N–H and O–H groups in total. The number of hydrogen-bond donors (Lipinski definition) is 1. The van der Waals surface area contributed by atoms with Crippen molar-refractivity contribution >= 4 is 55.0 Å². The number of anilines is 1. The zero-order chi connectivity index (χ0) is 20.1. The number of rotatable bonds is 6. The van der Waals surface area contributed by atoms with Crippen LogP contribution in [0.2, 0.25) is 0 Å². The van der Waals surface area contributed by atoms with Gasteiger partial charge in [0.1, 0.15) is 0 Å². The van der Waals surface area contributed by atoms with Crippen LogP contribution in [0.5, 0.6) is 0 Å². The van der Waals surface area contributed by atoms with Gasteiger partial charge in [-0.1, -0.05) is 23.5 Å². The fourth-order valence-corrected chi connectivity index (χ4v) is 4.29. The maximum Gasteiger partial charge on any atom is 0.280 e. The van der Waals surface area contributed by atoms with Gasteiger partial charge in [-0.2, -0.15) is 4.99 Å². The van der Waals surface area contributed by atoms with Gasteiger partial charge in [-0.05, 0) is 53.2 Å². The van der Waals surface area contributed by atoms with Crippen molar-refractivity contribution in [3.8, 4) is 0 Å². The third-order valence-corrected chi connectivity index (χ3v) is 5.70. The van der Waals surface area contributed by atoms with Gasteiger partial charge in [0, 0.05) is 30.2 Å². The number of nitrogens with zero attached hydrogens (tertiary/aromatic N) is 2. The van der Waals surface area contributed by atoms with E-state index in [0.29, 0.717) is 40.3 Å². The first kappa shape index (κ1) is 20.4. The number of carbonyl (C=O) groups is 2. The molecular formula is C20H20BrN3O3S. The zero-order valence-corrected chi connectivity index (χ0v) is 18.0. The van der Waals surface area contributed by atoms with Gasteiger partial charge in [-0.25, -0.2) is 0 Å². The molecular weight excluding hydrogens is 442 g/mol. The Morgan fingerprint density at radius 3 is 2.75 bits per heavy atom. The summed E-state index contributed by atoms with van der Waals surface area (Å²) in [6, 6.07) is 12.9. The Balaban J connectivity index is 2.08. The number of thiazole rings is 1. The summed E-state index contributed by atoms with van der Waals surface area (Å²) in [6.45, 7) is 5.13. The Labute approximate surface area is 175 Å². The van der Waals surface area contributed by atoms with Gasteiger partial charge in [0.05, 0.1) is 22.4 Å². The van der Waals surface area contributed by atoms with E-state index in [1.54, 1.807) is 12.1 Å². The number of fused-ring (bicyclic) bond motifs is 1. The highest BCUT2D eigenvalue weighted by Gasteiger charge is 2.12. The lowest BCUT2D eigenvalue weighted by molar-refractivity contribution is -0.114. The molecule has 0 aliphatic rings. The van der Waals surface area contributed by atoms with E-state index in [4.69, 9.17) is 4.74 Å². The molecule has 2 amide bonds. The topological polar surface area (TPSA) is 72.7 Å². The molecule has 146 valence electrons. The standard InChI is InChI=1S/C20H20BrN3O3S/c1-3-27-11-10-24-17-9-8-14(22-13(2)25)12-18(17)28-20(24)23-19(26)15-6-4-5-7-16(15)21/h4-9,12H,3,10-11H2,1-2H3,(H,22,25). The van der Waals surface area contributed by atoms with E-state index < -0.39 is 0 Å². The summed E-state index contributed by atoms with van der Waals surface area (Å²) in [6.07, 6.45) is 0. The van der Waals surface area contributed by atoms with Gasteiger partial charge in [-0.15, -0.1) is 0 Å². The van der Waals surface area contributed by atoms with Crippen molar-refractivity contribution in [3.05, 3.63) is 57.3 Å².